The number of benzene rings is 1. The first-order chi connectivity index (χ1) is 9.06. The number of hydrogen-bond donors (Lipinski definition) is 0. The summed E-state index contributed by atoms with van der Waals surface area (Å²) in [7, 11) is -3.30. The second-order valence-electron chi connectivity index (χ2n) is 5.17. The number of nitrogens with zero attached hydrogens (tertiary/aromatic N) is 1. The molecular weight excluding hydrogens is 282 g/mol. The Morgan fingerprint density at radius 2 is 1.89 bits per heavy atom. The number of rotatable bonds is 2. The highest BCUT2D eigenvalue weighted by Crippen LogP contribution is 2.35. The molecule has 2 aliphatic heterocycles. The van der Waals surface area contributed by atoms with E-state index in [0.29, 0.717) is 16.5 Å². The summed E-state index contributed by atoms with van der Waals surface area (Å²) in [6.45, 7) is 2.83. The molecule has 0 bridgehead atoms. The summed E-state index contributed by atoms with van der Waals surface area (Å²) in [5.74, 6) is 0. The van der Waals surface area contributed by atoms with Crippen molar-refractivity contribution in [2.75, 3.05) is 19.6 Å². The van der Waals surface area contributed by atoms with Gasteiger partial charge < -0.3 is 0 Å². The third-order valence-electron chi connectivity index (χ3n) is 3.74. The molecule has 0 atom stereocenters. The van der Waals surface area contributed by atoms with Crippen molar-refractivity contribution in [3.63, 3.8) is 0 Å². The third kappa shape index (κ3) is 2.57. The second kappa shape index (κ2) is 4.93. The molecule has 19 heavy (non-hydrogen) atoms. The van der Waals surface area contributed by atoms with E-state index in [1.54, 1.807) is 12.1 Å². The first-order valence-corrected chi connectivity index (χ1v) is 8.47. The molecule has 1 fully saturated rings. The molecule has 3 rings (SSSR count). The summed E-state index contributed by atoms with van der Waals surface area (Å²) >= 11 is 5.89. The molecule has 102 valence electrons. The van der Waals surface area contributed by atoms with Gasteiger partial charge in [0.05, 0.1) is 4.90 Å². The Morgan fingerprint density at radius 1 is 1.16 bits per heavy atom. The quantitative estimate of drug-likeness (QED) is 0.842. The van der Waals surface area contributed by atoms with Gasteiger partial charge in [-0.2, -0.15) is 0 Å². The molecule has 0 spiro atoms. The van der Waals surface area contributed by atoms with Crippen LogP contribution >= 0.6 is 11.6 Å². The predicted octanol–water partition coefficient (Wildman–Crippen LogP) is 2.95. The first-order valence-electron chi connectivity index (χ1n) is 6.54. The average molecular weight is 298 g/mol. The van der Waals surface area contributed by atoms with Gasteiger partial charge in [-0.05, 0) is 49.2 Å². The summed E-state index contributed by atoms with van der Waals surface area (Å²) in [5, 5.41) is 1.87. The van der Waals surface area contributed by atoms with Gasteiger partial charge in [0.2, 0.25) is 9.84 Å². The van der Waals surface area contributed by atoms with Gasteiger partial charge in [0, 0.05) is 17.0 Å². The normalized spacial score (nSPS) is 22.1. The minimum Gasteiger partial charge on any atom is -0.299 e. The van der Waals surface area contributed by atoms with Gasteiger partial charge in [-0.1, -0.05) is 24.1 Å². The number of fused-ring (bicyclic) bond motifs is 1. The molecule has 0 unspecified atom stereocenters. The fourth-order valence-electron chi connectivity index (χ4n) is 2.79. The van der Waals surface area contributed by atoms with Crippen molar-refractivity contribution in [2.24, 2.45) is 0 Å². The molecule has 0 aromatic heterocycles. The lowest BCUT2D eigenvalue weighted by Gasteiger charge is -2.26. The zero-order valence-electron chi connectivity index (χ0n) is 10.6. The minimum atomic E-state index is -3.30. The lowest BCUT2D eigenvalue weighted by molar-refractivity contribution is 0.255. The molecule has 3 nitrogen and oxygen atoms in total. The standard InChI is InChI=1S/C14H16ClNO2S/c15-12-4-5-13-11(9-16-6-2-1-3-7-16)10-19(17,18)14(13)8-12/h4-5,8,10H,1-3,6-7,9H2. The smallest absolute Gasteiger partial charge is 0.200 e. The first kappa shape index (κ1) is 13.2. The summed E-state index contributed by atoms with van der Waals surface area (Å²) in [4.78, 5) is 2.68. The van der Waals surface area contributed by atoms with Gasteiger partial charge in [-0.15, -0.1) is 0 Å². The Morgan fingerprint density at radius 3 is 2.63 bits per heavy atom. The number of likely N-dealkylation sites (tertiary alicyclic amines) is 1. The van der Waals surface area contributed by atoms with E-state index in [1.807, 2.05) is 6.07 Å². The molecule has 1 aromatic carbocycles. The van der Waals surface area contributed by atoms with E-state index in [4.69, 9.17) is 11.6 Å². The van der Waals surface area contributed by atoms with Crippen molar-refractivity contribution in [3.8, 4) is 0 Å². The summed E-state index contributed by atoms with van der Waals surface area (Å²) in [5.41, 5.74) is 1.71. The van der Waals surface area contributed by atoms with Crippen molar-refractivity contribution in [2.45, 2.75) is 24.2 Å². The largest absolute Gasteiger partial charge is 0.299 e. The Balaban J connectivity index is 1.92. The van der Waals surface area contributed by atoms with Crippen LogP contribution in [0.1, 0.15) is 24.8 Å². The van der Waals surface area contributed by atoms with Gasteiger partial charge in [-0.25, -0.2) is 8.42 Å². The van der Waals surface area contributed by atoms with Crippen LogP contribution in [-0.4, -0.2) is 33.0 Å². The fraction of sp³-hybridized carbons (Fsp3) is 0.429. The lowest BCUT2D eigenvalue weighted by Crippen LogP contribution is -2.30. The molecule has 0 saturated carbocycles. The van der Waals surface area contributed by atoms with Crippen LogP contribution in [0.15, 0.2) is 28.5 Å². The molecule has 0 amide bonds. The monoisotopic (exact) mass is 297 g/mol. The van der Waals surface area contributed by atoms with Crippen LogP contribution in [0.2, 0.25) is 5.02 Å². The maximum Gasteiger partial charge on any atom is 0.200 e. The number of sulfone groups is 1. The molecule has 0 aliphatic carbocycles. The Bertz CT molecular complexity index is 631. The maximum atomic E-state index is 12.1. The van der Waals surface area contributed by atoms with E-state index in [2.05, 4.69) is 4.90 Å². The number of piperidine rings is 1. The minimum absolute atomic E-state index is 0.354. The van der Waals surface area contributed by atoms with Crippen LogP contribution in [0.4, 0.5) is 0 Å². The summed E-state index contributed by atoms with van der Waals surface area (Å²) in [6.07, 6.45) is 3.68. The number of hydrogen-bond acceptors (Lipinski definition) is 3. The fourth-order valence-corrected chi connectivity index (χ4v) is 4.53. The van der Waals surface area contributed by atoms with E-state index in [1.165, 1.54) is 24.7 Å². The highest BCUT2D eigenvalue weighted by molar-refractivity contribution is 7.95. The molecule has 2 aliphatic rings. The van der Waals surface area contributed by atoms with Crippen molar-refractivity contribution in [3.05, 3.63) is 34.2 Å². The Hall–Kier alpha value is -0.840. The zero-order chi connectivity index (χ0) is 13.5. The molecule has 1 aromatic rings. The van der Waals surface area contributed by atoms with Crippen LogP contribution in [-0.2, 0) is 9.84 Å². The predicted molar refractivity (Wildman–Crippen MR) is 76.9 cm³/mol. The van der Waals surface area contributed by atoms with Crippen LogP contribution in [0, 0.1) is 0 Å². The molecule has 0 radical (unpaired) electrons. The van der Waals surface area contributed by atoms with Gasteiger partial charge in [0.1, 0.15) is 0 Å². The molecule has 2 heterocycles. The molecule has 1 saturated heterocycles. The summed E-state index contributed by atoms with van der Waals surface area (Å²) < 4.78 is 24.2. The van der Waals surface area contributed by atoms with Gasteiger partial charge in [0.25, 0.3) is 0 Å². The highest BCUT2D eigenvalue weighted by Gasteiger charge is 2.28. The average Bonchev–Trinajstić information content (AvgIpc) is 2.62. The van der Waals surface area contributed by atoms with Crippen molar-refractivity contribution >= 4 is 27.0 Å². The zero-order valence-corrected chi connectivity index (χ0v) is 12.2. The van der Waals surface area contributed by atoms with E-state index in [-0.39, 0.29) is 0 Å². The van der Waals surface area contributed by atoms with Gasteiger partial charge in [-0.3, -0.25) is 4.90 Å². The topological polar surface area (TPSA) is 37.4 Å². The Labute approximate surface area is 118 Å². The van der Waals surface area contributed by atoms with E-state index < -0.39 is 9.84 Å². The van der Waals surface area contributed by atoms with Crippen molar-refractivity contribution in [1.29, 1.82) is 0 Å². The van der Waals surface area contributed by atoms with Crippen molar-refractivity contribution in [1.82, 2.24) is 4.90 Å². The van der Waals surface area contributed by atoms with Gasteiger partial charge in [0.15, 0.2) is 0 Å². The maximum absolute atomic E-state index is 12.1. The van der Waals surface area contributed by atoms with E-state index in [0.717, 1.165) is 24.2 Å². The van der Waals surface area contributed by atoms with E-state index >= 15 is 0 Å². The van der Waals surface area contributed by atoms with Crippen LogP contribution < -0.4 is 0 Å². The van der Waals surface area contributed by atoms with Crippen LogP contribution in [0.5, 0.6) is 0 Å². The summed E-state index contributed by atoms with van der Waals surface area (Å²) in [6, 6.07) is 5.12. The Kier molecular flexibility index (Phi) is 3.41. The number of halogens is 1. The van der Waals surface area contributed by atoms with Crippen molar-refractivity contribution < 1.29 is 8.42 Å². The van der Waals surface area contributed by atoms with Crippen LogP contribution in [0.25, 0.3) is 5.57 Å². The third-order valence-corrected chi connectivity index (χ3v) is 5.52. The molecule has 0 N–H and O–H groups in total. The lowest BCUT2D eigenvalue weighted by atomic mass is 10.1. The highest BCUT2D eigenvalue weighted by atomic mass is 35.5. The molecule has 5 heteroatoms. The van der Waals surface area contributed by atoms with Crippen LogP contribution in [0.3, 0.4) is 0 Å². The van der Waals surface area contributed by atoms with Gasteiger partial charge >= 0.3 is 0 Å². The SMILES string of the molecule is O=S1(=O)C=C(CN2CCCCC2)c2ccc(Cl)cc21. The second-order valence-corrected chi connectivity index (χ2v) is 7.37. The molecular formula is C14H16ClNO2S. The van der Waals surface area contributed by atoms with E-state index in [9.17, 15) is 8.42 Å².